The van der Waals surface area contributed by atoms with Crippen LogP contribution in [0.4, 0.5) is 0 Å². The molecular formula is C10H19N3O2S. The van der Waals surface area contributed by atoms with Gasteiger partial charge in [-0.25, -0.2) is 8.42 Å². The lowest BCUT2D eigenvalue weighted by Gasteiger charge is -2.35. The summed E-state index contributed by atoms with van der Waals surface area (Å²) < 4.78 is 25.3. The van der Waals surface area contributed by atoms with E-state index in [2.05, 4.69) is 6.07 Å². The Morgan fingerprint density at radius 3 is 2.00 bits per heavy atom. The number of hydrogen-bond acceptors (Lipinski definition) is 4. The molecule has 16 heavy (non-hydrogen) atoms. The third-order valence-corrected chi connectivity index (χ3v) is 5.24. The zero-order chi connectivity index (χ0) is 12.3. The van der Waals surface area contributed by atoms with Gasteiger partial charge in [-0.1, -0.05) is 0 Å². The highest BCUT2D eigenvalue weighted by Gasteiger charge is 2.30. The van der Waals surface area contributed by atoms with Crippen molar-refractivity contribution in [2.75, 3.05) is 26.2 Å². The van der Waals surface area contributed by atoms with Crippen LogP contribution in [0.5, 0.6) is 0 Å². The molecule has 1 saturated heterocycles. The van der Waals surface area contributed by atoms with Crippen LogP contribution in [0.3, 0.4) is 0 Å². The summed E-state index contributed by atoms with van der Waals surface area (Å²) in [6.45, 7) is 7.49. The van der Waals surface area contributed by atoms with Gasteiger partial charge in [0, 0.05) is 26.2 Å². The molecule has 1 unspecified atom stereocenters. The van der Waals surface area contributed by atoms with E-state index in [1.807, 2.05) is 11.8 Å². The number of nitriles is 1. The van der Waals surface area contributed by atoms with E-state index in [9.17, 15) is 8.42 Å². The molecule has 0 aliphatic carbocycles. The van der Waals surface area contributed by atoms with Gasteiger partial charge >= 0.3 is 0 Å². The Morgan fingerprint density at radius 2 is 1.62 bits per heavy atom. The SMILES string of the molecule is CC(C#N)N1CCN(S(=O)(=O)C(C)C)CC1. The topological polar surface area (TPSA) is 64.4 Å². The summed E-state index contributed by atoms with van der Waals surface area (Å²) in [4.78, 5) is 2.01. The Labute approximate surface area is 97.7 Å². The predicted octanol–water partition coefficient (Wildman–Crippen LogP) is 0.254. The lowest BCUT2D eigenvalue weighted by molar-refractivity contribution is 0.169. The van der Waals surface area contributed by atoms with Crippen LogP contribution in [-0.2, 0) is 10.0 Å². The molecule has 0 N–H and O–H groups in total. The second-order valence-electron chi connectivity index (χ2n) is 4.33. The van der Waals surface area contributed by atoms with Crippen LogP contribution in [-0.4, -0.2) is 55.1 Å². The molecule has 0 radical (unpaired) electrons. The molecule has 0 bridgehead atoms. The lowest BCUT2D eigenvalue weighted by atomic mass is 10.2. The second kappa shape index (κ2) is 5.13. The molecule has 1 fully saturated rings. The molecule has 0 aromatic carbocycles. The first kappa shape index (κ1) is 13.4. The Hall–Kier alpha value is -0.640. The van der Waals surface area contributed by atoms with Crippen molar-refractivity contribution in [3.05, 3.63) is 0 Å². The van der Waals surface area contributed by atoms with Gasteiger partial charge in [-0.15, -0.1) is 0 Å². The fourth-order valence-corrected chi connectivity index (χ4v) is 2.99. The number of piperazine rings is 1. The van der Waals surface area contributed by atoms with E-state index in [4.69, 9.17) is 5.26 Å². The van der Waals surface area contributed by atoms with Crippen molar-refractivity contribution < 1.29 is 8.42 Å². The van der Waals surface area contributed by atoms with Gasteiger partial charge in [-0.05, 0) is 20.8 Å². The highest BCUT2D eigenvalue weighted by atomic mass is 32.2. The van der Waals surface area contributed by atoms with Gasteiger partial charge in [0.1, 0.15) is 0 Å². The molecule has 0 spiro atoms. The van der Waals surface area contributed by atoms with Gasteiger partial charge in [-0.3, -0.25) is 4.90 Å². The van der Waals surface area contributed by atoms with Gasteiger partial charge in [-0.2, -0.15) is 9.57 Å². The molecular weight excluding hydrogens is 226 g/mol. The minimum absolute atomic E-state index is 0.135. The maximum absolute atomic E-state index is 11.9. The lowest BCUT2D eigenvalue weighted by Crippen LogP contribution is -2.52. The number of sulfonamides is 1. The summed E-state index contributed by atoms with van der Waals surface area (Å²) in [5.41, 5.74) is 0. The van der Waals surface area contributed by atoms with Crippen LogP contribution in [0.2, 0.25) is 0 Å². The summed E-state index contributed by atoms with van der Waals surface area (Å²) in [5, 5.41) is 8.41. The maximum atomic E-state index is 11.9. The van der Waals surface area contributed by atoms with Crippen LogP contribution < -0.4 is 0 Å². The number of nitrogens with zero attached hydrogens (tertiary/aromatic N) is 3. The van der Waals surface area contributed by atoms with Crippen molar-refractivity contribution in [3.8, 4) is 6.07 Å². The summed E-state index contributed by atoms with van der Waals surface area (Å²) >= 11 is 0. The van der Waals surface area contributed by atoms with E-state index < -0.39 is 10.0 Å². The molecule has 0 amide bonds. The molecule has 1 atom stereocenters. The molecule has 1 aliphatic rings. The van der Waals surface area contributed by atoms with Crippen LogP contribution >= 0.6 is 0 Å². The maximum Gasteiger partial charge on any atom is 0.216 e. The smallest absolute Gasteiger partial charge is 0.216 e. The van der Waals surface area contributed by atoms with Gasteiger partial charge in [0.15, 0.2) is 0 Å². The number of rotatable bonds is 3. The van der Waals surface area contributed by atoms with Crippen molar-refractivity contribution >= 4 is 10.0 Å². The molecule has 1 rings (SSSR count). The predicted molar refractivity (Wildman–Crippen MR) is 62.3 cm³/mol. The molecule has 1 heterocycles. The van der Waals surface area contributed by atoms with Gasteiger partial charge in [0.2, 0.25) is 10.0 Å². The average Bonchev–Trinajstić information content (AvgIpc) is 2.28. The minimum Gasteiger partial charge on any atom is -0.286 e. The van der Waals surface area contributed by atoms with E-state index in [-0.39, 0.29) is 11.3 Å². The van der Waals surface area contributed by atoms with Crippen molar-refractivity contribution in [2.45, 2.75) is 32.1 Å². The van der Waals surface area contributed by atoms with Gasteiger partial charge < -0.3 is 0 Å². The fraction of sp³-hybridized carbons (Fsp3) is 0.900. The van der Waals surface area contributed by atoms with E-state index in [1.54, 1.807) is 13.8 Å². The molecule has 1 aliphatic heterocycles. The van der Waals surface area contributed by atoms with Gasteiger partial charge in [0.05, 0.1) is 17.4 Å². The highest BCUT2D eigenvalue weighted by molar-refractivity contribution is 7.89. The van der Waals surface area contributed by atoms with Crippen LogP contribution in [0, 0.1) is 11.3 Å². The van der Waals surface area contributed by atoms with E-state index >= 15 is 0 Å². The molecule has 92 valence electrons. The van der Waals surface area contributed by atoms with Crippen LogP contribution in [0.25, 0.3) is 0 Å². The van der Waals surface area contributed by atoms with Gasteiger partial charge in [0.25, 0.3) is 0 Å². The first-order valence-corrected chi connectivity index (χ1v) is 7.02. The molecule has 0 saturated carbocycles. The summed E-state index contributed by atoms with van der Waals surface area (Å²) in [6.07, 6.45) is 0. The normalized spacial score (nSPS) is 21.9. The van der Waals surface area contributed by atoms with E-state index in [0.717, 1.165) is 0 Å². The first-order chi connectivity index (χ1) is 7.39. The third kappa shape index (κ3) is 2.73. The molecule has 6 heteroatoms. The van der Waals surface area contributed by atoms with Crippen molar-refractivity contribution in [1.82, 2.24) is 9.21 Å². The Morgan fingerprint density at radius 1 is 1.12 bits per heavy atom. The fourth-order valence-electron chi connectivity index (χ4n) is 1.73. The largest absolute Gasteiger partial charge is 0.286 e. The zero-order valence-electron chi connectivity index (χ0n) is 10.0. The number of hydrogen-bond donors (Lipinski definition) is 0. The minimum atomic E-state index is -3.13. The summed E-state index contributed by atoms with van der Waals surface area (Å²) in [7, 11) is -3.13. The quantitative estimate of drug-likeness (QED) is 0.715. The van der Waals surface area contributed by atoms with E-state index in [0.29, 0.717) is 26.2 Å². The molecule has 5 nitrogen and oxygen atoms in total. The molecule has 0 aromatic rings. The standard InChI is InChI=1S/C10H19N3O2S/c1-9(2)16(14,15)13-6-4-12(5-7-13)10(3)8-11/h9-10H,4-7H2,1-3H3. The van der Waals surface area contributed by atoms with Crippen LogP contribution in [0.15, 0.2) is 0 Å². The van der Waals surface area contributed by atoms with E-state index in [1.165, 1.54) is 4.31 Å². The van der Waals surface area contributed by atoms with Crippen molar-refractivity contribution in [1.29, 1.82) is 5.26 Å². The Balaban J connectivity index is 2.60. The third-order valence-electron chi connectivity index (χ3n) is 2.96. The summed E-state index contributed by atoms with van der Waals surface area (Å²) in [5.74, 6) is 0. The highest BCUT2D eigenvalue weighted by Crippen LogP contribution is 2.13. The van der Waals surface area contributed by atoms with Crippen molar-refractivity contribution in [2.24, 2.45) is 0 Å². The Kier molecular flexibility index (Phi) is 4.30. The summed E-state index contributed by atoms with van der Waals surface area (Å²) in [6, 6.07) is 2.03. The average molecular weight is 245 g/mol. The monoisotopic (exact) mass is 245 g/mol. The second-order valence-corrected chi connectivity index (χ2v) is 6.82. The zero-order valence-corrected chi connectivity index (χ0v) is 10.9. The van der Waals surface area contributed by atoms with Crippen LogP contribution in [0.1, 0.15) is 20.8 Å². The first-order valence-electron chi connectivity index (χ1n) is 5.52. The van der Waals surface area contributed by atoms with Crippen molar-refractivity contribution in [3.63, 3.8) is 0 Å². The molecule has 0 aromatic heterocycles. The Bertz CT molecular complexity index is 364.